The molecular formula is C13H25S. The van der Waals surface area contributed by atoms with E-state index in [0.29, 0.717) is 0 Å². The van der Waals surface area contributed by atoms with Crippen molar-refractivity contribution >= 4 is 17.1 Å². The van der Waals surface area contributed by atoms with Gasteiger partial charge in [0.2, 0.25) is 0 Å². The van der Waals surface area contributed by atoms with Crippen LogP contribution < -0.4 is 0 Å². The van der Waals surface area contributed by atoms with Gasteiger partial charge in [0.05, 0.1) is 0 Å². The van der Waals surface area contributed by atoms with E-state index >= 15 is 0 Å². The molecule has 0 aliphatic heterocycles. The molecule has 0 rings (SSSR count). The van der Waals surface area contributed by atoms with E-state index < -0.39 is 0 Å². The quantitative estimate of drug-likeness (QED) is 0.359. The first-order valence-electron chi connectivity index (χ1n) is 6.12. The lowest BCUT2D eigenvalue weighted by molar-refractivity contribution is 0.580. The molecule has 0 N–H and O–H groups in total. The van der Waals surface area contributed by atoms with Crippen molar-refractivity contribution in [2.75, 3.05) is 0 Å². The second kappa shape index (κ2) is 11.2. The van der Waals surface area contributed by atoms with Crippen LogP contribution in [0.15, 0.2) is 0 Å². The van der Waals surface area contributed by atoms with Crippen molar-refractivity contribution in [1.82, 2.24) is 0 Å². The average Bonchev–Trinajstić information content (AvgIpc) is 2.21. The molecule has 0 aliphatic carbocycles. The molecule has 0 spiro atoms. The highest BCUT2D eigenvalue weighted by atomic mass is 32.1. The molecule has 1 radical (unpaired) electrons. The van der Waals surface area contributed by atoms with Crippen LogP contribution in [-0.4, -0.2) is 4.86 Å². The summed E-state index contributed by atoms with van der Waals surface area (Å²) >= 11 is 5.13. The number of thiocarbonyl (C=S) groups is 1. The van der Waals surface area contributed by atoms with Crippen molar-refractivity contribution in [2.45, 2.75) is 71.1 Å². The highest BCUT2D eigenvalue weighted by molar-refractivity contribution is 7.80. The molecule has 0 atom stereocenters. The number of unbranched alkanes of at least 4 members (excludes halogenated alkanes) is 7. The van der Waals surface area contributed by atoms with Gasteiger partial charge in [0.25, 0.3) is 0 Å². The highest BCUT2D eigenvalue weighted by Crippen LogP contribution is 2.10. The molecule has 1 heteroatoms. The fourth-order valence-corrected chi connectivity index (χ4v) is 1.73. The fourth-order valence-electron chi connectivity index (χ4n) is 1.58. The summed E-state index contributed by atoms with van der Waals surface area (Å²) in [5.41, 5.74) is 0. The van der Waals surface area contributed by atoms with E-state index in [1.807, 2.05) is 0 Å². The van der Waals surface area contributed by atoms with Gasteiger partial charge in [0.15, 0.2) is 0 Å². The largest absolute Gasteiger partial charge is 0.0897 e. The maximum atomic E-state index is 5.13. The lowest BCUT2D eigenvalue weighted by Gasteiger charge is -2.01. The zero-order valence-corrected chi connectivity index (χ0v) is 10.5. The SMILES string of the molecule is [CH2]CC(=S)CCCCCCCCCC. The summed E-state index contributed by atoms with van der Waals surface area (Å²) in [7, 11) is 0. The van der Waals surface area contributed by atoms with Crippen molar-refractivity contribution in [3.63, 3.8) is 0 Å². The topological polar surface area (TPSA) is 0 Å². The Bertz CT molecular complexity index is 129. The monoisotopic (exact) mass is 213 g/mol. The molecule has 83 valence electrons. The lowest BCUT2D eigenvalue weighted by Crippen LogP contribution is -1.91. The van der Waals surface area contributed by atoms with E-state index in [9.17, 15) is 0 Å². The van der Waals surface area contributed by atoms with E-state index in [1.165, 1.54) is 51.4 Å². The summed E-state index contributed by atoms with van der Waals surface area (Å²) in [5.74, 6) is 0. The standard InChI is InChI=1S/C13H25S/c1-3-5-6-7-8-9-10-11-12-13(14)4-2/h2-12H2,1H3. The van der Waals surface area contributed by atoms with E-state index in [0.717, 1.165) is 17.7 Å². The number of hydrogen-bond acceptors (Lipinski definition) is 1. The predicted molar refractivity (Wildman–Crippen MR) is 69.8 cm³/mol. The smallest absolute Gasteiger partial charge is 0.00715 e. The summed E-state index contributed by atoms with van der Waals surface area (Å²) in [6.45, 7) is 6.06. The van der Waals surface area contributed by atoms with E-state index in [-0.39, 0.29) is 0 Å². The molecule has 0 unspecified atom stereocenters. The first kappa shape index (κ1) is 14.1. The molecule has 0 fully saturated rings. The van der Waals surface area contributed by atoms with Crippen molar-refractivity contribution < 1.29 is 0 Å². The lowest BCUT2D eigenvalue weighted by atomic mass is 10.1. The van der Waals surface area contributed by atoms with Crippen LogP contribution in [0.1, 0.15) is 71.1 Å². The van der Waals surface area contributed by atoms with E-state index in [2.05, 4.69) is 13.8 Å². The van der Waals surface area contributed by atoms with Crippen LogP contribution in [0, 0.1) is 6.92 Å². The Labute approximate surface area is 95.5 Å². The van der Waals surface area contributed by atoms with Gasteiger partial charge < -0.3 is 0 Å². The first-order valence-corrected chi connectivity index (χ1v) is 6.53. The minimum absolute atomic E-state index is 0.839. The Morgan fingerprint density at radius 1 is 0.929 bits per heavy atom. The fraction of sp³-hybridized carbons (Fsp3) is 0.846. The maximum Gasteiger partial charge on any atom is -0.00715 e. The van der Waals surface area contributed by atoms with Crippen molar-refractivity contribution in [1.29, 1.82) is 0 Å². The molecule has 0 aromatic rings. The van der Waals surface area contributed by atoms with Crippen LogP contribution in [0.25, 0.3) is 0 Å². The Kier molecular flexibility index (Phi) is 11.2. The summed E-state index contributed by atoms with van der Waals surface area (Å²) < 4.78 is 0. The molecule has 0 heterocycles. The zero-order chi connectivity index (χ0) is 10.6. The number of hydrogen-bond donors (Lipinski definition) is 0. The van der Waals surface area contributed by atoms with Crippen LogP contribution in [0.2, 0.25) is 0 Å². The van der Waals surface area contributed by atoms with E-state index in [1.54, 1.807) is 0 Å². The van der Waals surface area contributed by atoms with Gasteiger partial charge in [-0.1, -0.05) is 64.1 Å². The van der Waals surface area contributed by atoms with Crippen LogP contribution in [0.4, 0.5) is 0 Å². The van der Waals surface area contributed by atoms with Gasteiger partial charge in [-0.3, -0.25) is 0 Å². The van der Waals surface area contributed by atoms with Gasteiger partial charge in [-0.15, -0.1) is 0 Å². The molecule has 0 saturated carbocycles. The molecule has 0 nitrogen and oxygen atoms in total. The van der Waals surface area contributed by atoms with Gasteiger partial charge in [0, 0.05) is 0 Å². The van der Waals surface area contributed by atoms with Crippen molar-refractivity contribution in [3.05, 3.63) is 6.92 Å². The minimum atomic E-state index is 0.839. The van der Waals surface area contributed by atoms with Gasteiger partial charge in [-0.05, 0) is 31.1 Å². The molecule has 0 amide bonds. The van der Waals surface area contributed by atoms with Crippen LogP contribution in [0.3, 0.4) is 0 Å². The molecule has 0 saturated heterocycles. The summed E-state index contributed by atoms with van der Waals surface area (Å²) in [5, 5.41) is 0. The Hall–Kier alpha value is 0.0900. The Morgan fingerprint density at radius 3 is 1.93 bits per heavy atom. The maximum absolute atomic E-state index is 5.13. The van der Waals surface area contributed by atoms with Crippen LogP contribution in [-0.2, 0) is 0 Å². The average molecular weight is 213 g/mol. The van der Waals surface area contributed by atoms with Gasteiger partial charge in [-0.25, -0.2) is 0 Å². The van der Waals surface area contributed by atoms with Gasteiger partial charge in [0.1, 0.15) is 0 Å². The molecule has 0 aromatic carbocycles. The third-order valence-electron chi connectivity index (χ3n) is 2.59. The summed E-state index contributed by atoms with van der Waals surface area (Å²) in [4.78, 5) is 1.15. The van der Waals surface area contributed by atoms with E-state index in [4.69, 9.17) is 12.2 Å². The minimum Gasteiger partial charge on any atom is -0.0897 e. The third kappa shape index (κ3) is 10.2. The van der Waals surface area contributed by atoms with Crippen LogP contribution in [0.5, 0.6) is 0 Å². The third-order valence-corrected chi connectivity index (χ3v) is 3.00. The van der Waals surface area contributed by atoms with Gasteiger partial charge >= 0.3 is 0 Å². The molecule has 0 aromatic heterocycles. The Morgan fingerprint density at radius 2 is 1.43 bits per heavy atom. The van der Waals surface area contributed by atoms with Crippen LogP contribution >= 0.6 is 12.2 Å². The second-order valence-corrected chi connectivity index (χ2v) is 4.59. The summed E-state index contributed by atoms with van der Waals surface area (Å²) in [6.07, 6.45) is 13.0. The highest BCUT2D eigenvalue weighted by Gasteiger charge is 1.94. The zero-order valence-electron chi connectivity index (χ0n) is 9.69. The van der Waals surface area contributed by atoms with Gasteiger partial charge in [-0.2, -0.15) is 0 Å². The van der Waals surface area contributed by atoms with Crippen molar-refractivity contribution in [3.8, 4) is 0 Å². The molecular weight excluding hydrogens is 188 g/mol. The Balaban J connectivity index is 2.95. The molecule has 0 bridgehead atoms. The summed E-state index contributed by atoms with van der Waals surface area (Å²) in [6, 6.07) is 0. The normalized spacial score (nSPS) is 10.4. The molecule has 0 aliphatic rings. The number of rotatable bonds is 10. The van der Waals surface area contributed by atoms with Crippen molar-refractivity contribution in [2.24, 2.45) is 0 Å². The predicted octanol–water partition coefficient (Wildman–Crippen LogP) is 5.11. The second-order valence-electron chi connectivity index (χ2n) is 4.01. The molecule has 14 heavy (non-hydrogen) atoms. The first-order chi connectivity index (χ1) is 6.81.